The predicted octanol–water partition coefficient (Wildman–Crippen LogP) is 2.07. The molecule has 1 atom stereocenters. The number of rotatable bonds is 7. The Morgan fingerprint density at radius 1 is 1.32 bits per heavy atom. The number of amides is 2. The van der Waals surface area contributed by atoms with E-state index in [-0.39, 0.29) is 23.1 Å². The molecule has 0 spiro atoms. The molecule has 0 aromatic carbocycles. The molecule has 1 aliphatic rings. The Hall–Kier alpha value is -0.910. The molecule has 0 aliphatic heterocycles. The number of nitrogens with one attached hydrogen (secondary N) is 2. The van der Waals surface area contributed by atoms with Gasteiger partial charge < -0.3 is 15.7 Å². The topological polar surface area (TPSA) is 78.4 Å². The molecule has 110 valence electrons. The lowest BCUT2D eigenvalue weighted by molar-refractivity contribution is -0.137. The fourth-order valence-corrected chi connectivity index (χ4v) is 3.33. The fraction of sp³-hybridized carbons (Fsp3) is 0.846. The van der Waals surface area contributed by atoms with Gasteiger partial charge in [-0.15, -0.1) is 0 Å². The van der Waals surface area contributed by atoms with E-state index >= 15 is 0 Å². The molecule has 1 rings (SSSR count). The summed E-state index contributed by atoms with van der Waals surface area (Å²) in [5, 5.41) is 14.3. The summed E-state index contributed by atoms with van der Waals surface area (Å²) in [7, 11) is 0. The lowest BCUT2D eigenvalue weighted by atomic mass is 10.1. The maximum Gasteiger partial charge on any atom is 0.314 e. The number of urea groups is 1. The maximum atomic E-state index is 11.7. The molecular weight excluding hydrogens is 264 g/mol. The van der Waals surface area contributed by atoms with Crippen LogP contribution < -0.4 is 10.6 Å². The number of aliphatic carboxylic acids is 1. The smallest absolute Gasteiger partial charge is 0.314 e. The van der Waals surface area contributed by atoms with Crippen molar-refractivity contribution in [2.45, 2.75) is 43.8 Å². The lowest BCUT2D eigenvalue weighted by Crippen LogP contribution is -2.44. The van der Waals surface area contributed by atoms with Crippen LogP contribution in [0.15, 0.2) is 0 Å². The van der Waals surface area contributed by atoms with Crippen LogP contribution >= 0.6 is 11.8 Å². The van der Waals surface area contributed by atoms with E-state index in [9.17, 15) is 9.59 Å². The first-order chi connectivity index (χ1) is 8.97. The van der Waals surface area contributed by atoms with E-state index in [0.29, 0.717) is 13.1 Å². The van der Waals surface area contributed by atoms with E-state index in [2.05, 4.69) is 16.9 Å². The van der Waals surface area contributed by atoms with E-state index in [1.807, 2.05) is 18.7 Å². The first-order valence-corrected chi connectivity index (χ1v) is 7.98. The second-order valence-corrected chi connectivity index (χ2v) is 6.64. The third kappa shape index (κ3) is 5.72. The predicted molar refractivity (Wildman–Crippen MR) is 77.5 cm³/mol. The molecule has 2 amide bonds. The van der Waals surface area contributed by atoms with Crippen LogP contribution in [0.3, 0.4) is 0 Å². The SMILES string of the molecule is CSC1(CNC(=O)NCC(C)CC(=O)O)CCCC1. The number of thioether (sulfide) groups is 1. The second-order valence-electron chi connectivity index (χ2n) is 5.36. The van der Waals surface area contributed by atoms with Crippen LogP contribution in [-0.2, 0) is 4.79 Å². The molecule has 3 N–H and O–H groups in total. The van der Waals surface area contributed by atoms with Gasteiger partial charge in [-0.25, -0.2) is 4.79 Å². The van der Waals surface area contributed by atoms with E-state index in [4.69, 9.17) is 5.11 Å². The van der Waals surface area contributed by atoms with Crippen molar-refractivity contribution >= 4 is 23.8 Å². The molecular formula is C13H24N2O3S. The Morgan fingerprint density at radius 2 is 1.95 bits per heavy atom. The summed E-state index contributed by atoms with van der Waals surface area (Å²) in [6.45, 7) is 2.90. The molecule has 0 radical (unpaired) electrons. The quantitative estimate of drug-likeness (QED) is 0.670. The molecule has 1 fully saturated rings. The van der Waals surface area contributed by atoms with Gasteiger partial charge in [-0.2, -0.15) is 11.8 Å². The standard InChI is InChI=1S/C13H24N2O3S/c1-10(7-11(16)17)8-14-12(18)15-9-13(19-2)5-3-4-6-13/h10H,3-9H2,1-2H3,(H,16,17)(H2,14,15,18). The van der Waals surface area contributed by atoms with Gasteiger partial charge in [0, 0.05) is 24.3 Å². The maximum absolute atomic E-state index is 11.7. The monoisotopic (exact) mass is 288 g/mol. The van der Waals surface area contributed by atoms with Gasteiger partial charge in [0.05, 0.1) is 0 Å². The van der Waals surface area contributed by atoms with Crippen LogP contribution in [0.5, 0.6) is 0 Å². The Bertz CT molecular complexity index is 317. The number of carboxylic acid groups (broad SMARTS) is 1. The number of carbonyl (C=O) groups excluding carboxylic acids is 1. The average Bonchev–Trinajstić information content (AvgIpc) is 2.82. The Kier molecular flexibility index (Phi) is 6.48. The van der Waals surface area contributed by atoms with Crippen molar-refractivity contribution in [2.24, 2.45) is 5.92 Å². The third-order valence-corrected chi connectivity index (χ3v) is 5.07. The summed E-state index contributed by atoms with van der Waals surface area (Å²) in [5.74, 6) is -0.883. The van der Waals surface area contributed by atoms with Gasteiger partial charge in [0.1, 0.15) is 0 Å². The van der Waals surface area contributed by atoms with Gasteiger partial charge in [0.2, 0.25) is 0 Å². The van der Waals surface area contributed by atoms with Crippen molar-refractivity contribution in [1.82, 2.24) is 10.6 Å². The highest BCUT2D eigenvalue weighted by atomic mass is 32.2. The summed E-state index contributed by atoms with van der Waals surface area (Å²) < 4.78 is 0.198. The Labute approximate surface area is 118 Å². The van der Waals surface area contributed by atoms with Gasteiger partial charge in [0.25, 0.3) is 0 Å². The van der Waals surface area contributed by atoms with Gasteiger partial charge >= 0.3 is 12.0 Å². The summed E-state index contributed by atoms with van der Waals surface area (Å²) in [6.07, 6.45) is 6.96. The molecule has 19 heavy (non-hydrogen) atoms. The largest absolute Gasteiger partial charge is 0.481 e. The molecule has 1 saturated carbocycles. The third-order valence-electron chi connectivity index (χ3n) is 3.65. The van der Waals surface area contributed by atoms with Crippen molar-refractivity contribution in [3.05, 3.63) is 0 Å². The Balaban J connectivity index is 2.22. The number of hydrogen-bond donors (Lipinski definition) is 3. The van der Waals surface area contributed by atoms with Crippen LogP contribution in [0.4, 0.5) is 4.79 Å². The molecule has 0 saturated heterocycles. The van der Waals surface area contributed by atoms with E-state index < -0.39 is 5.97 Å². The van der Waals surface area contributed by atoms with Crippen LogP contribution in [0.2, 0.25) is 0 Å². The minimum Gasteiger partial charge on any atom is -0.481 e. The number of carbonyl (C=O) groups is 2. The fourth-order valence-electron chi connectivity index (χ4n) is 2.41. The second kappa shape index (κ2) is 7.62. The van der Waals surface area contributed by atoms with Crippen LogP contribution in [0, 0.1) is 5.92 Å². The van der Waals surface area contributed by atoms with Crippen LogP contribution in [0.1, 0.15) is 39.0 Å². The minimum absolute atomic E-state index is 0.0516. The molecule has 1 aliphatic carbocycles. The molecule has 0 aromatic heterocycles. The molecule has 0 bridgehead atoms. The van der Waals surface area contributed by atoms with Crippen molar-refractivity contribution in [3.8, 4) is 0 Å². The van der Waals surface area contributed by atoms with Crippen molar-refractivity contribution in [3.63, 3.8) is 0 Å². The van der Waals surface area contributed by atoms with E-state index in [1.54, 1.807) is 0 Å². The summed E-state index contributed by atoms with van der Waals surface area (Å²) >= 11 is 1.83. The first-order valence-electron chi connectivity index (χ1n) is 6.76. The molecule has 6 heteroatoms. The van der Waals surface area contributed by atoms with Crippen molar-refractivity contribution < 1.29 is 14.7 Å². The highest BCUT2D eigenvalue weighted by molar-refractivity contribution is 8.00. The number of carboxylic acids is 1. The van der Waals surface area contributed by atoms with Crippen molar-refractivity contribution in [1.29, 1.82) is 0 Å². The molecule has 0 heterocycles. The zero-order chi connectivity index (χ0) is 14.3. The summed E-state index contributed by atoms with van der Waals surface area (Å²) in [5.41, 5.74) is 0. The summed E-state index contributed by atoms with van der Waals surface area (Å²) in [6, 6.07) is -0.197. The van der Waals surface area contributed by atoms with Crippen LogP contribution in [-0.4, -0.2) is 41.2 Å². The van der Waals surface area contributed by atoms with Gasteiger partial charge in [-0.1, -0.05) is 19.8 Å². The average molecular weight is 288 g/mol. The first kappa shape index (κ1) is 16.1. The lowest BCUT2D eigenvalue weighted by Gasteiger charge is -2.27. The molecule has 0 aromatic rings. The zero-order valence-corrected chi connectivity index (χ0v) is 12.5. The van der Waals surface area contributed by atoms with Crippen molar-refractivity contribution in [2.75, 3.05) is 19.3 Å². The number of hydrogen-bond acceptors (Lipinski definition) is 3. The summed E-state index contributed by atoms with van der Waals surface area (Å²) in [4.78, 5) is 22.2. The van der Waals surface area contributed by atoms with E-state index in [0.717, 1.165) is 12.8 Å². The minimum atomic E-state index is -0.831. The highest BCUT2D eigenvalue weighted by Crippen LogP contribution is 2.39. The highest BCUT2D eigenvalue weighted by Gasteiger charge is 2.33. The van der Waals surface area contributed by atoms with Gasteiger partial charge in [-0.3, -0.25) is 4.79 Å². The van der Waals surface area contributed by atoms with Gasteiger partial charge in [-0.05, 0) is 25.0 Å². The molecule has 5 nitrogen and oxygen atoms in total. The van der Waals surface area contributed by atoms with Crippen LogP contribution in [0.25, 0.3) is 0 Å². The van der Waals surface area contributed by atoms with E-state index in [1.165, 1.54) is 12.8 Å². The normalized spacial score (nSPS) is 18.8. The zero-order valence-electron chi connectivity index (χ0n) is 11.7. The van der Waals surface area contributed by atoms with Gasteiger partial charge in [0.15, 0.2) is 0 Å². The Morgan fingerprint density at radius 3 is 2.47 bits per heavy atom. The molecule has 1 unspecified atom stereocenters.